The van der Waals surface area contributed by atoms with Gasteiger partial charge in [-0.15, -0.1) is 0 Å². The second-order valence-electron chi connectivity index (χ2n) is 4.01. The van der Waals surface area contributed by atoms with E-state index in [1.807, 2.05) is 0 Å². The smallest absolute Gasteiger partial charge is 0.00724 e. The predicted molar refractivity (Wildman–Crippen MR) is 64.5 cm³/mol. The van der Waals surface area contributed by atoms with Crippen molar-refractivity contribution in [3.63, 3.8) is 0 Å². The Bertz CT molecular complexity index is 113. The summed E-state index contributed by atoms with van der Waals surface area (Å²) in [4.78, 5) is 0. The zero-order valence-electron chi connectivity index (χ0n) is 9.44. The van der Waals surface area contributed by atoms with Crippen LogP contribution in [0.4, 0.5) is 0 Å². The van der Waals surface area contributed by atoms with Crippen LogP contribution >= 0.6 is 15.9 Å². The Balaban J connectivity index is 3.61. The Morgan fingerprint density at radius 3 is 2.08 bits per heavy atom. The van der Waals surface area contributed by atoms with Crippen molar-refractivity contribution in [2.24, 2.45) is 11.8 Å². The summed E-state index contributed by atoms with van der Waals surface area (Å²) in [6.07, 6.45) is 2.58. The lowest BCUT2D eigenvalue weighted by Crippen LogP contribution is -2.36. The van der Waals surface area contributed by atoms with Gasteiger partial charge < -0.3 is 5.32 Å². The van der Waals surface area contributed by atoms with Gasteiger partial charge in [0, 0.05) is 11.4 Å². The zero-order chi connectivity index (χ0) is 10.3. The first kappa shape index (κ1) is 13.4. The highest BCUT2D eigenvalue weighted by Gasteiger charge is 2.11. The van der Waals surface area contributed by atoms with E-state index < -0.39 is 0 Å². The van der Waals surface area contributed by atoms with Gasteiger partial charge in [-0.3, -0.25) is 0 Å². The minimum atomic E-state index is 0.625. The van der Waals surface area contributed by atoms with Crippen LogP contribution in [-0.2, 0) is 0 Å². The van der Waals surface area contributed by atoms with Crippen molar-refractivity contribution in [1.29, 1.82) is 0 Å². The van der Waals surface area contributed by atoms with Crippen molar-refractivity contribution < 1.29 is 0 Å². The molecule has 1 N–H and O–H groups in total. The van der Waals surface area contributed by atoms with Crippen molar-refractivity contribution in [1.82, 2.24) is 5.32 Å². The molecule has 0 aliphatic rings. The summed E-state index contributed by atoms with van der Waals surface area (Å²) >= 11 is 3.52. The predicted octanol–water partition coefficient (Wildman–Crippen LogP) is 3.43. The van der Waals surface area contributed by atoms with Crippen molar-refractivity contribution >= 4 is 15.9 Å². The Labute approximate surface area is 91.8 Å². The average Bonchev–Trinajstić information content (AvgIpc) is 2.17. The third-order valence-corrected chi connectivity index (χ3v) is 4.00. The van der Waals surface area contributed by atoms with Crippen LogP contribution in [0.25, 0.3) is 0 Å². The molecule has 0 aliphatic heterocycles. The maximum Gasteiger partial charge on any atom is 0.00724 e. The molecule has 0 radical (unpaired) electrons. The minimum absolute atomic E-state index is 0.625. The summed E-state index contributed by atoms with van der Waals surface area (Å²) in [5, 5.41) is 4.69. The molecule has 0 aliphatic carbocycles. The van der Waals surface area contributed by atoms with E-state index in [0.717, 1.165) is 17.2 Å². The maximum absolute atomic E-state index is 3.61. The molecular weight excluding hydrogens is 226 g/mol. The van der Waals surface area contributed by atoms with E-state index in [4.69, 9.17) is 0 Å². The van der Waals surface area contributed by atoms with Gasteiger partial charge in [-0.05, 0) is 25.3 Å². The van der Waals surface area contributed by atoms with Gasteiger partial charge in [0.2, 0.25) is 0 Å². The number of hydrogen-bond acceptors (Lipinski definition) is 1. The molecule has 0 heterocycles. The molecule has 2 atom stereocenters. The highest BCUT2D eigenvalue weighted by Crippen LogP contribution is 2.09. The number of alkyl halides is 1. The molecule has 0 saturated carbocycles. The molecule has 2 heteroatoms. The van der Waals surface area contributed by atoms with Gasteiger partial charge >= 0.3 is 0 Å². The number of nitrogens with one attached hydrogen (secondary N) is 1. The summed E-state index contributed by atoms with van der Waals surface area (Å²) in [6, 6.07) is 0.625. The normalized spacial score (nSPS) is 16.2. The van der Waals surface area contributed by atoms with Gasteiger partial charge in [0.15, 0.2) is 0 Å². The second-order valence-corrected chi connectivity index (χ2v) is 4.66. The lowest BCUT2D eigenvalue weighted by Gasteiger charge is -2.22. The second kappa shape index (κ2) is 7.81. The zero-order valence-corrected chi connectivity index (χ0v) is 11.0. The monoisotopic (exact) mass is 249 g/mol. The van der Waals surface area contributed by atoms with Crippen molar-refractivity contribution in [3.8, 4) is 0 Å². The first-order valence-corrected chi connectivity index (χ1v) is 6.57. The molecule has 13 heavy (non-hydrogen) atoms. The molecular formula is C11H24BrN. The highest BCUT2D eigenvalue weighted by molar-refractivity contribution is 9.09. The standard InChI is InChI=1S/C11H24BrN/c1-5-11(6-2)8-13-10(4)9(3)7-12/h9-11,13H,5-8H2,1-4H3. The van der Waals surface area contributed by atoms with Gasteiger partial charge in [0.05, 0.1) is 0 Å². The van der Waals surface area contributed by atoms with Crippen LogP contribution in [0.3, 0.4) is 0 Å². The molecule has 0 rings (SSSR count). The molecule has 80 valence electrons. The molecule has 2 unspecified atom stereocenters. The molecule has 0 amide bonds. The lowest BCUT2D eigenvalue weighted by molar-refractivity contribution is 0.373. The van der Waals surface area contributed by atoms with Crippen LogP contribution in [0.15, 0.2) is 0 Å². The van der Waals surface area contributed by atoms with E-state index in [1.165, 1.54) is 19.4 Å². The number of hydrogen-bond donors (Lipinski definition) is 1. The molecule has 0 aromatic carbocycles. The highest BCUT2D eigenvalue weighted by atomic mass is 79.9. The quantitative estimate of drug-likeness (QED) is 0.682. The fourth-order valence-corrected chi connectivity index (χ4v) is 1.83. The van der Waals surface area contributed by atoms with Gasteiger partial charge in [0.25, 0.3) is 0 Å². The summed E-state index contributed by atoms with van der Waals surface area (Å²) in [7, 11) is 0. The van der Waals surface area contributed by atoms with E-state index in [2.05, 4.69) is 48.9 Å². The molecule has 0 aromatic heterocycles. The van der Waals surface area contributed by atoms with E-state index in [1.54, 1.807) is 0 Å². The van der Waals surface area contributed by atoms with Gasteiger partial charge in [-0.2, -0.15) is 0 Å². The Morgan fingerprint density at radius 1 is 1.15 bits per heavy atom. The average molecular weight is 250 g/mol. The van der Waals surface area contributed by atoms with Gasteiger partial charge in [-0.1, -0.05) is 49.5 Å². The lowest BCUT2D eigenvalue weighted by atomic mass is 10.0. The number of rotatable bonds is 7. The molecule has 0 saturated heterocycles. The van der Waals surface area contributed by atoms with E-state index in [-0.39, 0.29) is 0 Å². The van der Waals surface area contributed by atoms with Crippen LogP contribution in [0.5, 0.6) is 0 Å². The molecule has 1 nitrogen and oxygen atoms in total. The van der Waals surface area contributed by atoms with E-state index in [0.29, 0.717) is 6.04 Å². The van der Waals surface area contributed by atoms with Gasteiger partial charge in [-0.25, -0.2) is 0 Å². The maximum atomic E-state index is 3.61. The number of halogens is 1. The van der Waals surface area contributed by atoms with Crippen LogP contribution in [0, 0.1) is 11.8 Å². The Hall–Kier alpha value is 0.440. The van der Waals surface area contributed by atoms with Crippen LogP contribution < -0.4 is 5.32 Å². The Kier molecular flexibility index (Phi) is 8.07. The minimum Gasteiger partial charge on any atom is -0.314 e. The van der Waals surface area contributed by atoms with Crippen molar-refractivity contribution in [3.05, 3.63) is 0 Å². The fourth-order valence-electron chi connectivity index (χ4n) is 1.26. The summed E-state index contributed by atoms with van der Waals surface area (Å²) in [6.45, 7) is 10.3. The fraction of sp³-hybridized carbons (Fsp3) is 1.00. The van der Waals surface area contributed by atoms with Gasteiger partial charge in [0.1, 0.15) is 0 Å². The van der Waals surface area contributed by atoms with Crippen LogP contribution in [0.2, 0.25) is 0 Å². The molecule has 0 aromatic rings. The third kappa shape index (κ3) is 5.69. The van der Waals surface area contributed by atoms with Crippen LogP contribution in [-0.4, -0.2) is 17.9 Å². The van der Waals surface area contributed by atoms with Crippen molar-refractivity contribution in [2.45, 2.75) is 46.6 Å². The summed E-state index contributed by atoms with van der Waals surface area (Å²) < 4.78 is 0. The van der Waals surface area contributed by atoms with Crippen LogP contribution in [0.1, 0.15) is 40.5 Å². The van der Waals surface area contributed by atoms with E-state index >= 15 is 0 Å². The molecule has 0 spiro atoms. The summed E-state index contributed by atoms with van der Waals surface area (Å²) in [5.41, 5.74) is 0. The largest absolute Gasteiger partial charge is 0.314 e. The third-order valence-electron chi connectivity index (χ3n) is 2.98. The first-order chi connectivity index (χ1) is 6.15. The Morgan fingerprint density at radius 2 is 1.69 bits per heavy atom. The molecule has 0 bridgehead atoms. The van der Waals surface area contributed by atoms with Crippen molar-refractivity contribution in [2.75, 3.05) is 11.9 Å². The topological polar surface area (TPSA) is 12.0 Å². The first-order valence-electron chi connectivity index (χ1n) is 5.44. The molecule has 0 fully saturated rings. The summed E-state index contributed by atoms with van der Waals surface area (Å²) in [5.74, 6) is 1.57. The SMILES string of the molecule is CCC(CC)CNC(C)C(C)CBr. The van der Waals surface area contributed by atoms with E-state index in [9.17, 15) is 0 Å².